The minimum absolute atomic E-state index is 0.163. The molecule has 0 radical (unpaired) electrons. The average Bonchev–Trinajstić information content (AvgIpc) is 3.51. The molecule has 0 atom stereocenters. The number of H-pyrrole nitrogens is 1. The summed E-state index contributed by atoms with van der Waals surface area (Å²) in [5.74, 6) is 1.47. The van der Waals surface area contributed by atoms with Gasteiger partial charge in [-0.2, -0.15) is 0 Å². The molecular formula is C25H25FN4O3. The summed E-state index contributed by atoms with van der Waals surface area (Å²) in [5, 5.41) is 2.75. The van der Waals surface area contributed by atoms with E-state index in [0.717, 1.165) is 16.9 Å². The highest BCUT2D eigenvalue weighted by atomic mass is 19.1. The van der Waals surface area contributed by atoms with Crippen molar-refractivity contribution in [1.82, 2.24) is 14.9 Å². The van der Waals surface area contributed by atoms with Gasteiger partial charge in [0.25, 0.3) is 0 Å². The first-order valence-electron chi connectivity index (χ1n) is 10.6. The Labute approximate surface area is 191 Å². The largest absolute Gasteiger partial charge is 0.489 e. The van der Waals surface area contributed by atoms with Crippen LogP contribution in [0.4, 0.5) is 10.3 Å². The summed E-state index contributed by atoms with van der Waals surface area (Å²) in [6.45, 7) is 1.63. The number of anilines is 1. The summed E-state index contributed by atoms with van der Waals surface area (Å²) >= 11 is 0. The third-order valence-electron chi connectivity index (χ3n) is 4.99. The summed E-state index contributed by atoms with van der Waals surface area (Å²) in [7, 11) is 0. The molecule has 1 amide bonds. The molecule has 0 aliphatic rings. The summed E-state index contributed by atoms with van der Waals surface area (Å²) in [6.07, 6.45) is 5.57. The van der Waals surface area contributed by atoms with Gasteiger partial charge in [0.1, 0.15) is 23.9 Å². The summed E-state index contributed by atoms with van der Waals surface area (Å²) < 4.78 is 24.7. The van der Waals surface area contributed by atoms with E-state index in [1.165, 1.54) is 12.1 Å². The standard InChI is InChI=1S/C25H25FN4O3/c26-21-6-1-5-20(14-21)18-33-22-7-2-4-19(15-22)9-12-30(16-23-8-3-13-32-23)17-24(31)29-25-27-10-11-28-25/h1-8,10-11,13-15H,9,12,16-18H2,(H2,27,28,29,31). The molecule has 4 rings (SSSR count). The minimum Gasteiger partial charge on any atom is -0.489 e. The van der Waals surface area contributed by atoms with Gasteiger partial charge in [0.05, 0.1) is 19.4 Å². The van der Waals surface area contributed by atoms with E-state index in [1.807, 2.05) is 47.4 Å². The van der Waals surface area contributed by atoms with Crippen LogP contribution in [-0.4, -0.2) is 33.9 Å². The molecule has 2 aromatic heterocycles. The fourth-order valence-electron chi connectivity index (χ4n) is 3.42. The van der Waals surface area contributed by atoms with Crippen LogP contribution in [0.5, 0.6) is 5.75 Å². The number of nitrogens with zero attached hydrogens (tertiary/aromatic N) is 2. The molecule has 170 valence electrons. The van der Waals surface area contributed by atoms with Crippen LogP contribution in [0.3, 0.4) is 0 Å². The molecule has 7 nitrogen and oxygen atoms in total. The molecule has 2 N–H and O–H groups in total. The van der Waals surface area contributed by atoms with Crippen LogP contribution in [0.15, 0.2) is 83.7 Å². The number of aromatic amines is 1. The maximum atomic E-state index is 13.4. The molecule has 0 fully saturated rings. The van der Waals surface area contributed by atoms with Crippen LogP contribution in [0, 0.1) is 5.82 Å². The number of imidazole rings is 1. The molecule has 2 heterocycles. The lowest BCUT2D eigenvalue weighted by Gasteiger charge is -2.20. The number of carbonyl (C=O) groups excluding carboxylic acids is 1. The summed E-state index contributed by atoms with van der Waals surface area (Å²) in [6, 6.07) is 17.9. The van der Waals surface area contributed by atoms with Crippen molar-refractivity contribution in [2.75, 3.05) is 18.4 Å². The number of aromatic nitrogens is 2. The van der Waals surface area contributed by atoms with E-state index in [1.54, 1.807) is 24.7 Å². The van der Waals surface area contributed by atoms with Crippen LogP contribution in [-0.2, 0) is 24.4 Å². The fourth-order valence-corrected chi connectivity index (χ4v) is 3.42. The molecule has 0 unspecified atom stereocenters. The molecule has 8 heteroatoms. The Bertz CT molecular complexity index is 1150. The topological polar surface area (TPSA) is 83.4 Å². The van der Waals surface area contributed by atoms with Crippen LogP contribution < -0.4 is 10.1 Å². The number of hydrogen-bond acceptors (Lipinski definition) is 5. The summed E-state index contributed by atoms with van der Waals surface area (Å²) in [5.41, 5.74) is 1.84. The van der Waals surface area contributed by atoms with Gasteiger partial charge in [-0.3, -0.25) is 15.0 Å². The number of halogens is 1. The number of nitrogens with one attached hydrogen (secondary N) is 2. The number of rotatable bonds is 11. The fraction of sp³-hybridized carbons (Fsp3) is 0.200. The molecule has 0 aliphatic heterocycles. The summed E-state index contributed by atoms with van der Waals surface area (Å²) in [4.78, 5) is 21.4. The van der Waals surface area contributed by atoms with Crippen LogP contribution in [0.1, 0.15) is 16.9 Å². The second-order valence-corrected chi connectivity index (χ2v) is 7.59. The van der Waals surface area contributed by atoms with Crippen molar-refractivity contribution in [2.24, 2.45) is 0 Å². The molecule has 0 saturated heterocycles. The van der Waals surface area contributed by atoms with E-state index in [0.29, 0.717) is 37.8 Å². The zero-order valence-corrected chi connectivity index (χ0v) is 18.0. The molecular weight excluding hydrogens is 423 g/mol. The second kappa shape index (κ2) is 11.1. The van der Waals surface area contributed by atoms with Gasteiger partial charge in [0.15, 0.2) is 0 Å². The Kier molecular flexibility index (Phi) is 7.50. The van der Waals surface area contributed by atoms with Gasteiger partial charge in [0.2, 0.25) is 11.9 Å². The first kappa shape index (κ1) is 22.3. The van der Waals surface area contributed by atoms with E-state index in [2.05, 4.69) is 15.3 Å². The minimum atomic E-state index is -0.280. The Morgan fingerprint density at radius 1 is 1.12 bits per heavy atom. The van der Waals surface area contributed by atoms with Crippen LogP contribution >= 0.6 is 0 Å². The highest BCUT2D eigenvalue weighted by Gasteiger charge is 2.14. The smallest absolute Gasteiger partial charge is 0.240 e. The van der Waals surface area contributed by atoms with E-state index in [-0.39, 0.29) is 18.3 Å². The maximum Gasteiger partial charge on any atom is 0.240 e. The van der Waals surface area contributed by atoms with Crippen molar-refractivity contribution >= 4 is 11.9 Å². The van der Waals surface area contributed by atoms with Gasteiger partial charge in [0, 0.05) is 18.9 Å². The quantitative estimate of drug-likeness (QED) is 0.355. The molecule has 2 aromatic carbocycles. The number of amides is 1. The van der Waals surface area contributed by atoms with E-state index in [4.69, 9.17) is 9.15 Å². The third kappa shape index (κ3) is 7.05. The SMILES string of the molecule is O=C(CN(CCc1cccc(OCc2cccc(F)c2)c1)Cc1ccco1)Nc1ncc[nH]1. The number of hydrogen-bond donors (Lipinski definition) is 2. The lowest BCUT2D eigenvalue weighted by molar-refractivity contribution is -0.117. The first-order chi connectivity index (χ1) is 16.1. The van der Waals surface area contributed by atoms with Gasteiger partial charge < -0.3 is 14.1 Å². The third-order valence-corrected chi connectivity index (χ3v) is 4.99. The Balaban J connectivity index is 1.35. The zero-order chi connectivity index (χ0) is 22.9. The van der Waals surface area contributed by atoms with Crippen LogP contribution in [0.25, 0.3) is 0 Å². The van der Waals surface area contributed by atoms with Crippen molar-refractivity contribution in [3.63, 3.8) is 0 Å². The number of furan rings is 1. The predicted octanol–water partition coefficient (Wildman–Crippen LogP) is 4.40. The lowest BCUT2D eigenvalue weighted by Crippen LogP contribution is -2.34. The van der Waals surface area contributed by atoms with Crippen LogP contribution in [0.2, 0.25) is 0 Å². The van der Waals surface area contributed by atoms with E-state index in [9.17, 15) is 9.18 Å². The van der Waals surface area contributed by atoms with Gasteiger partial charge in [-0.15, -0.1) is 0 Å². The number of benzene rings is 2. The average molecular weight is 448 g/mol. The van der Waals surface area contributed by atoms with Crippen molar-refractivity contribution in [3.8, 4) is 5.75 Å². The predicted molar refractivity (Wildman–Crippen MR) is 122 cm³/mol. The highest BCUT2D eigenvalue weighted by molar-refractivity contribution is 5.90. The van der Waals surface area contributed by atoms with Gasteiger partial charge in [-0.1, -0.05) is 24.3 Å². The van der Waals surface area contributed by atoms with Crippen molar-refractivity contribution in [2.45, 2.75) is 19.6 Å². The van der Waals surface area contributed by atoms with Gasteiger partial charge in [-0.25, -0.2) is 9.37 Å². The number of ether oxygens (including phenoxy) is 1. The Morgan fingerprint density at radius 2 is 2.00 bits per heavy atom. The molecule has 0 bridgehead atoms. The van der Waals surface area contributed by atoms with Gasteiger partial charge >= 0.3 is 0 Å². The van der Waals surface area contributed by atoms with E-state index < -0.39 is 0 Å². The maximum absolute atomic E-state index is 13.4. The zero-order valence-electron chi connectivity index (χ0n) is 18.0. The Hall–Kier alpha value is -3.91. The normalized spacial score (nSPS) is 11.0. The highest BCUT2D eigenvalue weighted by Crippen LogP contribution is 2.17. The molecule has 0 saturated carbocycles. The van der Waals surface area contributed by atoms with Crippen molar-refractivity contribution in [3.05, 3.63) is 102 Å². The molecule has 4 aromatic rings. The van der Waals surface area contributed by atoms with E-state index >= 15 is 0 Å². The molecule has 0 spiro atoms. The second-order valence-electron chi connectivity index (χ2n) is 7.59. The number of carbonyl (C=O) groups is 1. The van der Waals surface area contributed by atoms with Crippen molar-refractivity contribution in [1.29, 1.82) is 0 Å². The first-order valence-corrected chi connectivity index (χ1v) is 10.6. The van der Waals surface area contributed by atoms with Crippen molar-refractivity contribution < 1.29 is 18.3 Å². The van der Waals surface area contributed by atoms with Gasteiger partial charge in [-0.05, 0) is 53.9 Å². The molecule has 0 aliphatic carbocycles. The Morgan fingerprint density at radius 3 is 2.79 bits per heavy atom. The monoisotopic (exact) mass is 448 g/mol. The lowest BCUT2D eigenvalue weighted by atomic mass is 10.1. The molecule has 33 heavy (non-hydrogen) atoms.